The number of aryl methyl sites for hydroxylation is 2. The van der Waals surface area contributed by atoms with E-state index in [1.54, 1.807) is 0 Å². The molecule has 0 heterocycles. The van der Waals surface area contributed by atoms with Crippen molar-refractivity contribution in [3.05, 3.63) is 65.0 Å². The molecule has 0 aliphatic heterocycles. The highest BCUT2D eigenvalue weighted by Crippen LogP contribution is 2.19. The number of hydrogen-bond donors (Lipinski definition) is 1. The van der Waals surface area contributed by atoms with E-state index in [4.69, 9.17) is 0 Å². The van der Waals surface area contributed by atoms with Gasteiger partial charge in [-0.2, -0.15) is 4.31 Å². The predicted molar refractivity (Wildman–Crippen MR) is 101 cm³/mol. The number of nitrogens with zero attached hydrogens (tertiary/aromatic N) is 1. The quantitative estimate of drug-likeness (QED) is 0.804. The number of benzene rings is 2. The molecule has 0 aliphatic carbocycles. The second-order valence-electron chi connectivity index (χ2n) is 6.29. The van der Waals surface area contributed by atoms with Crippen LogP contribution in [0.3, 0.4) is 0 Å². The summed E-state index contributed by atoms with van der Waals surface area (Å²) in [5.41, 5.74) is 3.31. The fourth-order valence-electron chi connectivity index (χ4n) is 2.60. The van der Waals surface area contributed by atoms with Gasteiger partial charge in [0.15, 0.2) is 0 Å². The zero-order chi connectivity index (χ0) is 19.3. The summed E-state index contributed by atoms with van der Waals surface area (Å²) in [7, 11) is -3.50. The first kappa shape index (κ1) is 20.1. The van der Waals surface area contributed by atoms with E-state index in [2.05, 4.69) is 5.32 Å². The summed E-state index contributed by atoms with van der Waals surface area (Å²) in [4.78, 5) is 12.3. The van der Waals surface area contributed by atoms with Gasteiger partial charge in [-0.05, 0) is 42.7 Å². The van der Waals surface area contributed by atoms with E-state index in [1.807, 2.05) is 32.0 Å². The monoisotopic (exact) mass is 378 g/mol. The van der Waals surface area contributed by atoms with Crippen molar-refractivity contribution in [2.45, 2.75) is 26.8 Å². The van der Waals surface area contributed by atoms with Gasteiger partial charge in [0.25, 0.3) is 0 Å². The summed E-state index contributed by atoms with van der Waals surface area (Å²) < 4.78 is 38.2. The number of hydrogen-bond acceptors (Lipinski definition) is 3. The smallest absolute Gasteiger partial charge is 0.225 e. The summed E-state index contributed by atoms with van der Waals surface area (Å²) in [5, 5.41) is 2.85. The average molecular weight is 378 g/mol. The molecule has 2 aromatic carbocycles. The molecule has 5 nitrogen and oxygen atoms in total. The fourth-order valence-corrected chi connectivity index (χ4v) is 3.40. The minimum Gasteiger partial charge on any atom is -0.326 e. The maximum Gasteiger partial charge on any atom is 0.225 e. The van der Waals surface area contributed by atoms with Crippen molar-refractivity contribution in [3.63, 3.8) is 0 Å². The van der Waals surface area contributed by atoms with Crippen molar-refractivity contribution in [2.75, 3.05) is 18.1 Å². The molecule has 0 fully saturated rings. The zero-order valence-electron chi connectivity index (χ0n) is 15.1. The number of carbonyl (C=O) groups excluding carboxylic acids is 1. The molecule has 2 rings (SSSR count). The third-order valence-corrected chi connectivity index (χ3v) is 5.32. The number of halogens is 1. The van der Waals surface area contributed by atoms with Gasteiger partial charge >= 0.3 is 0 Å². The molecule has 2 aromatic rings. The van der Waals surface area contributed by atoms with Gasteiger partial charge in [0.2, 0.25) is 15.9 Å². The van der Waals surface area contributed by atoms with Crippen LogP contribution in [-0.2, 0) is 21.4 Å². The highest BCUT2D eigenvalue weighted by Gasteiger charge is 2.19. The summed E-state index contributed by atoms with van der Waals surface area (Å²) in [6.45, 7) is 3.95. The molecule has 0 atom stereocenters. The largest absolute Gasteiger partial charge is 0.326 e. The minimum absolute atomic E-state index is 0.0298. The van der Waals surface area contributed by atoms with E-state index in [0.717, 1.165) is 23.1 Å². The van der Waals surface area contributed by atoms with Crippen molar-refractivity contribution in [1.82, 2.24) is 4.31 Å². The van der Waals surface area contributed by atoms with Gasteiger partial charge in [-0.15, -0.1) is 0 Å². The van der Waals surface area contributed by atoms with Crippen molar-refractivity contribution in [1.29, 1.82) is 0 Å². The molecular weight excluding hydrogens is 355 g/mol. The molecule has 0 aliphatic rings. The van der Waals surface area contributed by atoms with Crippen LogP contribution < -0.4 is 5.32 Å². The van der Waals surface area contributed by atoms with Crippen LogP contribution in [0.4, 0.5) is 10.1 Å². The zero-order valence-corrected chi connectivity index (χ0v) is 15.9. The lowest BCUT2D eigenvalue weighted by Gasteiger charge is -2.20. The lowest BCUT2D eigenvalue weighted by atomic mass is 10.1. The number of para-hydroxylation sites is 1. The number of rotatable bonds is 7. The second kappa shape index (κ2) is 8.42. The van der Waals surface area contributed by atoms with E-state index < -0.39 is 10.0 Å². The van der Waals surface area contributed by atoms with Crippen LogP contribution >= 0.6 is 0 Å². The van der Waals surface area contributed by atoms with E-state index in [1.165, 1.54) is 28.6 Å². The van der Waals surface area contributed by atoms with E-state index in [0.29, 0.717) is 5.56 Å². The SMILES string of the molecule is Cc1cccc(C)c1NC(=O)CCN(Cc1ccc(F)cc1)S(C)(=O)=O. The number of sulfonamides is 1. The molecule has 0 bridgehead atoms. The Bertz CT molecular complexity index is 860. The Balaban J connectivity index is 2.03. The Morgan fingerprint density at radius 2 is 1.65 bits per heavy atom. The van der Waals surface area contributed by atoms with Crippen LogP contribution in [0.5, 0.6) is 0 Å². The Labute approximate surface area is 153 Å². The molecule has 0 spiro atoms. The lowest BCUT2D eigenvalue weighted by Crippen LogP contribution is -2.32. The maximum atomic E-state index is 13.0. The minimum atomic E-state index is -3.50. The predicted octanol–water partition coefficient (Wildman–Crippen LogP) is 3.23. The first-order chi connectivity index (χ1) is 12.2. The van der Waals surface area contributed by atoms with Gasteiger partial charge in [-0.1, -0.05) is 30.3 Å². The number of carbonyl (C=O) groups is 1. The molecule has 26 heavy (non-hydrogen) atoms. The van der Waals surface area contributed by atoms with E-state index >= 15 is 0 Å². The van der Waals surface area contributed by atoms with Gasteiger partial charge in [0.05, 0.1) is 6.26 Å². The average Bonchev–Trinajstić information content (AvgIpc) is 2.55. The number of amides is 1. The molecule has 140 valence electrons. The van der Waals surface area contributed by atoms with Gasteiger partial charge in [-0.25, -0.2) is 12.8 Å². The highest BCUT2D eigenvalue weighted by molar-refractivity contribution is 7.88. The molecule has 1 amide bonds. The number of nitrogens with one attached hydrogen (secondary N) is 1. The molecule has 0 saturated carbocycles. The van der Waals surface area contributed by atoms with Crippen molar-refractivity contribution >= 4 is 21.6 Å². The Kier molecular flexibility index (Phi) is 6.50. The Hall–Kier alpha value is -2.25. The first-order valence-corrected chi connectivity index (χ1v) is 10.1. The Morgan fingerprint density at radius 1 is 1.08 bits per heavy atom. The second-order valence-corrected chi connectivity index (χ2v) is 8.27. The van der Waals surface area contributed by atoms with E-state index in [9.17, 15) is 17.6 Å². The van der Waals surface area contributed by atoms with Gasteiger partial charge in [-0.3, -0.25) is 4.79 Å². The lowest BCUT2D eigenvalue weighted by molar-refractivity contribution is -0.116. The molecule has 0 radical (unpaired) electrons. The molecule has 7 heteroatoms. The van der Waals surface area contributed by atoms with Crippen LogP contribution in [0.25, 0.3) is 0 Å². The van der Waals surface area contributed by atoms with E-state index in [-0.39, 0.29) is 31.2 Å². The summed E-state index contributed by atoms with van der Waals surface area (Å²) >= 11 is 0. The summed E-state index contributed by atoms with van der Waals surface area (Å²) in [6.07, 6.45) is 1.13. The van der Waals surface area contributed by atoms with Crippen LogP contribution in [0, 0.1) is 19.7 Å². The first-order valence-electron chi connectivity index (χ1n) is 8.22. The Morgan fingerprint density at radius 3 is 2.19 bits per heavy atom. The normalized spacial score (nSPS) is 11.6. The van der Waals surface area contributed by atoms with Crippen LogP contribution in [0.15, 0.2) is 42.5 Å². The van der Waals surface area contributed by atoms with Crippen LogP contribution in [0.2, 0.25) is 0 Å². The van der Waals surface area contributed by atoms with Crippen molar-refractivity contribution in [3.8, 4) is 0 Å². The molecule has 0 unspecified atom stereocenters. The van der Waals surface area contributed by atoms with Gasteiger partial charge < -0.3 is 5.32 Å². The fraction of sp³-hybridized carbons (Fsp3) is 0.316. The van der Waals surface area contributed by atoms with Crippen molar-refractivity contribution in [2.24, 2.45) is 0 Å². The molecule has 1 N–H and O–H groups in total. The maximum absolute atomic E-state index is 13.0. The standard InChI is InChI=1S/C19H23FN2O3S/c1-14-5-4-6-15(2)19(14)21-18(23)11-12-22(26(3,24)25)13-16-7-9-17(20)10-8-16/h4-10H,11-13H2,1-3H3,(H,21,23). The van der Waals surface area contributed by atoms with Gasteiger partial charge in [0.1, 0.15) is 5.82 Å². The topological polar surface area (TPSA) is 66.5 Å². The van der Waals surface area contributed by atoms with Gasteiger partial charge in [0, 0.05) is 25.2 Å². The molecule has 0 saturated heterocycles. The van der Waals surface area contributed by atoms with Crippen LogP contribution in [-0.4, -0.2) is 31.4 Å². The van der Waals surface area contributed by atoms with Crippen molar-refractivity contribution < 1.29 is 17.6 Å². The summed E-state index contributed by atoms with van der Waals surface area (Å²) in [6, 6.07) is 11.3. The highest BCUT2D eigenvalue weighted by atomic mass is 32.2. The van der Waals surface area contributed by atoms with Crippen LogP contribution in [0.1, 0.15) is 23.1 Å². The molecular formula is C19H23FN2O3S. The summed E-state index contributed by atoms with van der Waals surface area (Å²) in [5.74, 6) is -0.636. The molecule has 0 aromatic heterocycles. The third kappa shape index (κ3) is 5.64. The number of anilines is 1. The third-order valence-electron chi connectivity index (χ3n) is 4.08.